The number of carboxylic acids is 1. The van der Waals surface area contributed by atoms with Gasteiger partial charge < -0.3 is 15.2 Å². The average Bonchev–Trinajstić information content (AvgIpc) is 2.61. The molecule has 1 aromatic carbocycles. The number of nitrogens with one attached hydrogen (secondary N) is 1. The van der Waals surface area contributed by atoms with Crippen LogP contribution >= 0.6 is 0 Å². The van der Waals surface area contributed by atoms with Crippen molar-refractivity contribution < 1.29 is 27.9 Å². The number of piperidine rings is 1. The maximum atomic E-state index is 12.6. The van der Waals surface area contributed by atoms with Crippen LogP contribution in [0.25, 0.3) is 0 Å². The quantitative estimate of drug-likeness (QED) is 0.598. The van der Waals surface area contributed by atoms with Crippen molar-refractivity contribution in [3.8, 4) is 0 Å². The van der Waals surface area contributed by atoms with Gasteiger partial charge in [0.15, 0.2) is 0 Å². The second-order valence-corrected chi connectivity index (χ2v) is 8.15. The number of hydrogen-bond donors (Lipinski definition) is 2. The van der Waals surface area contributed by atoms with Crippen molar-refractivity contribution in [1.82, 2.24) is 9.62 Å². The van der Waals surface area contributed by atoms with E-state index in [0.29, 0.717) is 19.4 Å². The van der Waals surface area contributed by atoms with Crippen molar-refractivity contribution in [2.75, 3.05) is 32.8 Å². The molecule has 1 aromatic rings. The second-order valence-electron chi connectivity index (χ2n) is 6.18. The van der Waals surface area contributed by atoms with Gasteiger partial charge in [0.1, 0.15) is 6.61 Å². The number of rotatable bonds is 9. The molecule has 0 aliphatic carbocycles. The first-order chi connectivity index (χ1) is 12.4. The summed E-state index contributed by atoms with van der Waals surface area (Å²) < 4.78 is 31.4. The van der Waals surface area contributed by atoms with Crippen LogP contribution in [0, 0.1) is 5.92 Å². The Hall–Kier alpha value is -1.97. The van der Waals surface area contributed by atoms with Gasteiger partial charge in [-0.05, 0) is 18.4 Å². The van der Waals surface area contributed by atoms with E-state index in [2.05, 4.69) is 5.32 Å². The molecule has 144 valence electrons. The molecule has 0 aromatic heterocycles. The summed E-state index contributed by atoms with van der Waals surface area (Å²) in [5.41, 5.74) is 0.717. The Morgan fingerprint density at radius 1 is 1.27 bits per heavy atom. The van der Waals surface area contributed by atoms with Crippen molar-refractivity contribution >= 4 is 21.9 Å². The van der Waals surface area contributed by atoms with E-state index in [9.17, 15) is 18.0 Å². The minimum Gasteiger partial charge on any atom is -0.480 e. The van der Waals surface area contributed by atoms with Gasteiger partial charge >= 0.3 is 5.97 Å². The summed E-state index contributed by atoms with van der Waals surface area (Å²) in [5, 5.41) is 11.1. The fourth-order valence-electron chi connectivity index (χ4n) is 2.84. The summed E-state index contributed by atoms with van der Waals surface area (Å²) in [7, 11) is -3.48. The van der Waals surface area contributed by atoms with E-state index >= 15 is 0 Å². The lowest BCUT2D eigenvalue weighted by Crippen LogP contribution is -2.46. The van der Waals surface area contributed by atoms with E-state index < -0.39 is 28.5 Å². The largest absolute Gasteiger partial charge is 0.480 e. The highest BCUT2D eigenvalue weighted by Crippen LogP contribution is 2.21. The monoisotopic (exact) mass is 384 g/mol. The zero-order valence-electron chi connectivity index (χ0n) is 14.5. The summed E-state index contributed by atoms with van der Waals surface area (Å²) in [6, 6.07) is 8.96. The van der Waals surface area contributed by atoms with Gasteiger partial charge in [0.2, 0.25) is 15.9 Å². The first kappa shape index (κ1) is 20.3. The second kappa shape index (κ2) is 9.65. The van der Waals surface area contributed by atoms with Gasteiger partial charge in [-0.25, -0.2) is 17.5 Å². The Bertz CT molecular complexity index is 707. The predicted molar refractivity (Wildman–Crippen MR) is 94.8 cm³/mol. The number of hydrogen-bond acceptors (Lipinski definition) is 5. The third kappa shape index (κ3) is 6.40. The minimum absolute atomic E-state index is 0.0782. The molecule has 1 heterocycles. The smallest absolute Gasteiger partial charge is 0.329 e. The Morgan fingerprint density at radius 2 is 2.00 bits per heavy atom. The third-order valence-corrected chi connectivity index (χ3v) is 5.93. The van der Waals surface area contributed by atoms with Gasteiger partial charge in [-0.15, -0.1) is 0 Å². The van der Waals surface area contributed by atoms with Crippen LogP contribution in [0.4, 0.5) is 0 Å². The molecule has 2 N–H and O–H groups in total. The number of nitrogens with zero attached hydrogens (tertiary/aromatic N) is 1. The molecule has 1 fully saturated rings. The van der Waals surface area contributed by atoms with E-state index in [1.807, 2.05) is 6.07 Å². The molecule has 0 spiro atoms. The Kier molecular flexibility index (Phi) is 7.55. The number of carboxylic acid groups (broad SMARTS) is 1. The number of carbonyl (C=O) groups is 2. The molecule has 26 heavy (non-hydrogen) atoms. The highest BCUT2D eigenvalue weighted by molar-refractivity contribution is 7.88. The van der Waals surface area contributed by atoms with E-state index in [-0.39, 0.29) is 31.4 Å². The molecule has 1 saturated heterocycles. The standard InChI is InChI=1S/C17H24N2O6S/c20-16(21)12-25-10-8-18-17(22)15-7-4-9-19(11-15)26(23,24)13-14-5-2-1-3-6-14/h1-3,5-6,15H,4,7-13H2,(H,18,22)(H,20,21). The molecular formula is C17H24N2O6S. The Labute approximate surface area is 153 Å². The first-order valence-electron chi connectivity index (χ1n) is 8.47. The topological polar surface area (TPSA) is 113 Å². The van der Waals surface area contributed by atoms with Gasteiger partial charge in [0.25, 0.3) is 0 Å². The third-order valence-electron chi connectivity index (χ3n) is 4.11. The molecule has 0 saturated carbocycles. The van der Waals surface area contributed by atoms with Crippen molar-refractivity contribution in [3.05, 3.63) is 35.9 Å². The number of benzene rings is 1. The fourth-order valence-corrected chi connectivity index (χ4v) is 4.45. The summed E-state index contributed by atoms with van der Waals surface area (Å²) in [4.78, 5) is 22.6. The van der Waals surface area contributed by atoms with Crippen LogP contribution in [0.15, 0.2) is 30.3 Å². The molecule has 1 aliphatic rings. The highest BCUT2D eigenvalue weighted by atomic mass is 32.2. The zero-order chi connectivity index (χ0) is 19.0. The van der Waals surface area contributed by atoms with Crippen LogP contribution in [-0.4, -0.2) is 62.6 Å². The highest BCUT2D eigenvalue weighted by Gasteiger charge is 2.32. The van der Waals surface area contributed by atoms with Crippen LogP contribution in [0.2, 0.25) is 0 Å². The average molecular weight is 384 g/mol. The lowest BCUT2D eigenvalue weighted by atomic mass is 9.99. The summed E-state index contributed by atoms with van der Waals surface area (Å²) >= 11 is 0. The zero-order valence-corrected chi connectivity index (χ0v) is 15.3. The van der Waals surface area contributed by atoms with Gasteiger partial charge in [0.05, 0.1) is 18.3 Å². The molecule has 9 heteroatoms. The van der Waals surface area contributed by atoms with E-state index in [1.165, 1.54) is 4.31 Å². The van der Waals surface area contributed by atoms with Crippen LogP contribution < -0.4 is 5.32 Å². The van der Waals surface area contributed by atoms with Crippen LogP contribution in [-0.2, 0) is 30.1 Å². The molecule has 1 atom stereocenters. The van der Waals surface area contributed by atoms with Gasteiger partial charge in [-0.3, -0.25) is 4.79 Å². The van der Waals surface area contributed by atoms with Gasteiger partial charge in [-0.2, -0.15) is 0 Å². The maximum Gasteiger partial charge on any atom is 0.329 e. The molecule has 1 unspecified atom stereocenters. The van der Waals surface area contributed by atoms with Crippen LogP contribution in [0.5, 0.6) is 0 Å². The molecule has 8 nitrogen and oxygen atoms in total. The van der Waals surface area contributed by atoms with Crippen molar-refractivity contribution in [2.24, 2.45) is 5.92 Å². The van der Waals surface area contributed by atoms with E-state index in [4.69, 9.17) is 9.84 Å². The number of aliphatic carboxylic acids is 1. The fraction of sp³-hybridized carbons (Fsp3) is 0.529. The minimum atomic E-state index is -3.48. The molecule has 0 radical (unpaired) electrons. The van der Waals surface area contributed by atoms with E-state index in [0.717, 1.165) is 5.56 Å². The first-order valence-corrected chi connectivity index (χ1v) is 10.1. The summed E-state index contributed by atoms with van der Waals surface area (Å²) in [6.45, 7) is 0.461. The van der Waals surface area contributed by atoms with Gasteiger partial charge in [-0.1, -0.05) is 30.3 Å². The maximum absolute atomic E-state index is 12.6. The normalized spacial score (nSPS) is 18.4. The van der Waals surface area contributed by atoms with Crippen LogP contribution in [0.1, 0.15) is 18.4 Å². The summed E-state index contributed by atoms with van der Waals surface area (Å²) in [6.07, 6.45) is 1.25. The molecule has 1 aliphatic heterocycles. The summed E-state index contributed by atoms with van der Waals surface area (Å²) in [5.74, 6) is -1.79. The number of ether oxygens (including phenoxy) is 1. The number of amides is 1. The molecule has 2 rings (SSSR count). The Morgan fingerprint density at radius 3 is 2.69 bits per heavy atom. The SMILES string of the molecule is O=C(O)COCCNC(=O)C1CCCN(S(=O)(=O)Cc2ccccc2)C1. The molecule has 1 amide bonds. The number of sulfonamides is 1. The van der Waals surface area contributed by atoms with Crippen molar-refractivity contribution in [3.63, 3.8) is 0 Å². The van der Waals surface area contributed by atoms with Crippen LogP contribution in [0.3, 0.4) is 0 Å². The molecular weight excluding hydrogens is 360 g/mol. The number of carbonyl (C=O) groups excluding carboxylic acids is 1. The lowest BCUT2D eigenvalue weighted by Gasteiger charge is -2.31. The van der Waals surface area contributed by atoms with Gasteiger partial charge in [0, 0.05) is 19.6 Å². The molecule has 0 bridgehead atoms. The van der Waals surface area contributed by atoms with E-state index in [1.54, 1.807) is 24.3 Å². The van der Waals surface area contributed by atoms with Crippen molar-refractivity contribution in [2.45, 2.75) is 18.6 Å². The predicted octanol–water partition coefficient (Wildman–Crippen LogP) is 0.446. The van der Waals surface area contributed by atoms with Crippen molar-refractivity contribution in [1.29, 1.82) is 0 Å². The lowest BCUT2D eigenvalue weighted by molar-refractivity contribution is -0.142. The Balaban J connectivity index is 1.83.